The molecule has 0 aliphatic carbocycles. The predicted molar refractivity (Wildman–Crippen MR) is 111 cm³/mol. The van der Waals surface area contributed by atoms with E-state index in [0.29, 0.717) is 28.1 Å². The van der Waals surface area contributed by atoms with Crippen LogP contribution in [0.2, 0.25) is 5.02 Å². The van der Waals surface area contributed by atoms with Crippen LogP contribution in [0.1, 0.15) is 6.92 Å². The number of nitrogens with one attached hydrogen (secondary N) is 2. The number of rotatable bonds is 7. The molecule has 3 rings (SSSR count). The van der Waals surface area contributed by atoms with Crippen LogP contribution < -0.4 is 15.4 Å². The lowest BCUT2D eigenvalue weighted by molar-refractivity contribution is 0.415. The third-order valence-electron chi connectivity index (χ3n) is 3.94. The van der Waals surface area contributed by atoms with Gasteiger partial charge in [-0.25, -0.2) is 18.4 Å². The van der Waals surface area contributed by atoms with Gasteiger partial charge < -0.3 is 15.4 Å². The smallest absolute Gasteiger partial charge is 0.178 e. The van der Waals surface area contributed by atoms with Crippen LogP contribution in [-0.2, 0) is 9.84 Å². The SMILES string of the molecule is CCS(=O)(=O)c1cccc(Nc2cc(Nc3ccc(OC)c(Cl)c3)ncn2)c1. The van der Waals surface area contributed by atoms with E-state index in [4.69, 9.17) is 16.3 Å². The highest BCUT2D eigenvalue weighted by Crippen LogP contribution is 2.29. The first-order valence-corrected chi connectivity index (χ1v) is 10.5. The topological polar surface area (TPSA) is 93.2 Å². The summed E-state index contributed by atoms with van der Waals surface area (Å²) in [6, 6.07) is 13.6. The van der Waals surface area contributed by atoms with E-state index in [2.05, 4.69) is 20.6 Å². The molecule has 3 aromatic rings. The van der Waals surface area contributed by atoms with Crippen LogP contribution in [0.4, 0.5) is 23.0 Å². The van der Waals surface area contributed by atoms with Crippen molar-refractivity contribution in [1.82, 2.24) is 9.97 Å². The van der Waals surface area contributed by atoms with Crippen molar-refractivity contribution in [2.75, 3.05) is 23.5 Å². The lowest BCUT2D eigenvalue weighted by atomic mass is 10.3. The molecule has 0 unspecified atom stereocenters. The molecule has 0 amide bonds. The van der Waals surface area contributed by atoms with Crippen LogP contribution in [0.25, 0.3) is 0 Å². The molecule has 0 saturated heterocycles. The van der Waals surface area contributed by atoms with Crippen molar-refractivity contribution in [3.05, 3.63) is 59.9 Å². The highest BCUT2D eigenvalue weighted by Gasteiger charge is 2.12. The van der Waals surface area contributed by atoms with Crippen molar-refractivity contribution in [2.24, 2.45) is 0 Å². The molecule has 1 heterocycles. The molecular weight excluding hydrogens is 400 g/mol. The molecule has 0 aliphatic heterocycles. The molecule has 7 nitrogen and oxygen atoms in total. The summed E-state index contributed by atoms with van der Waals surface area (Å²) in [5.41, 5.74) is 1.36. The molecule has 28 heavy (non-hydrogen) atoms. The molecule has 0 bridgehead atoms. The number of aromatic nitrogens is 2. The number of anilines is 4. The van der Waals surface area contributed by atoms with Crippen LogP contribution in [0.3, 0.4) is 0 Å². The number of ether oxygens (including phenoxy) is 1. The first-order valence-electron chi connectivity index (χ1n) is 8.43. The number of methoxy groups -OCH3 is 1. The number of hydrogen-bond acceptors (Lipinski definition) is 7. The second kappa shape index (κ2) is 8.45. The molecule has 2 N–H and O–H groups in total. The van der Waals surface area contributed by atoms with Gasteiger partial charge in [-0.15, -0.1) is 0 Å². The van der Waals surface area contributed by atoms with Crippen molar-refractivity contribution < 1.29 is 13.2 Å². The second-order valence-corrected chi connectivity index (χ2v) is 8.50. The lowest BCUT2D eigenvalue weighted by Gasteiger charge is -2.11. The Kier molecular flexibility index (Phi) is 6.01. The van der Waals surface area contributed by atoms with Gasteiger partial charge in [0.15, 0.2) is 9.84 Å². The maximum atomic E-state index is 12.1. The molecular formula is C19H19ClN4O3S. The van der Waals surface area contributed by atoms with Gasteiger partial charge in [0.25, 0.3) is 0 Å². The minimum absolute atomic E-state index is 0.0441. The summed E-state index contributed by atoms with van der Waals surface area (Å²) in [6.07, 6.45) is 1.41. The molecule has 146 valence electrons. The average Bonchev–Trinajstić information content (AvgIpc) is 2.69. The molecule has 0 radical (unpaired) electrons. The first kappa shape index (κ1) is 19.9. The van der Waals surface area contributed by atoms with Crippen molar-refractivity contribution >= 4 is 44.4 Å². The largest absolute Gasteiger partial charge is 0.495 e. The fraction of sp³-hybridized carbons (Fsp3) is 0.158. The zero-order valence-electron chi connectivity index (χ0n) is 15.3. The molecule has 0 saturated carbocycles. The van der Waals surface area contributed by atoms with Gasteiger partial charge in [-0.05, 0) is 36.4 Å². The van der Waals surface area contributed by atoms with Gasteiger partial charge >= 0.3 is 0 Å². The normalized spacial score (nSPS) is 11.1. The fourth-order valence-electron chi connectivity index (χ4n) is 2.47. The monoisotopic (exact) mass is 418 g/mol. The Balaban J connectivity index is 1.79. The Morgan fingerprint density at radius 2 is 1.68 bits per heavy atom. The molecule has 1 aromatic heterocycles. The van der Waals surface area contributed by atoms with Crippen LogP contribution in [0.5, 0.6) is 5.75 Å². The molecule has 9 heteroatoms. The van der Waals surface area contributed by atoms with Gasteiger partial charge in [0.05, 0.1) is 22.8 Å². The zero-order chi connectivity index (χ0) is 20.1. The fourth-order valence-corrected chi connectivity index (χ4v) is 3.65. The van der Waals surface area contributed by atoms with Gasteiger partial charge in [0.1, 0.15) is 23.7 Å². The summed E-state index contributed by atoms with van der Waals surface area (Å²) < 4.78 is 29.2. The number of sulfone groups is 1. The summed E-state index contributed by atoms with van der Waals surface area (Å²) in [5, 5.41) is 6.72. The van der Waals surface area contributed by atoms with Crippen LogP contribution in [0, 0.1) is 0 Å². The predicted octanol–water partition coefficient (Wildman–Crippen LogP) is 4.42. The molecule has 2 aromatic carbocycles. The van der Waals surface area contributed by atoms with Crippen LogP contribution >= 0.6 is 11.6 Å². The van der Waals surface area contributed by atoms with Crippen molar-refractivity contribution in [1.29, 1.82) is 0 Å². The average molecular weight is 419 g/mol. The number of halogens is 1. The Morgan fingerprint density at radius 1 is 1.00 bits per heavy atom. The number of hydrogen-bond donors (Lipinski definition) is 2. The lowest BCUT2D eigenvalue weighted by Crippen LogP contribution is -2.04. The Bertz CT molecular complexity index is 1090. The summed E-state index contributed by atoms with van der Waals surface area (Å²) in [4.78, 5) is 8.63. The first-order chi connectivity index (χ1) is 13.4. The third kappa shape index (κ3) is 4.71. The van der Waals surface area contributed by atoms with E-state index in [-0.39, 0.29) is 10.6 Å². The number of benzene rings is 2. The standard InChI is InChI=1S/C19H19ClN4O3S/c1-3-28(25,26)15-6-4-5-13(9-15)23-18-11-19(22-12-21-18)24-14-7-8-17(27-2)16(20)10-14/h4-12H,3H2,1-2H3,(H2,21,22,23,24). The number of nitrogens with zero attached hydrogens (tertiary/aromatic N) is 2. The molecule has 0 fully saturated rings. The van der Waals surface area contributed by atoms with E-state index in [1.54, 1.807) is 56.5 Å². The Labute approximate surface area is 168 Å². The van der Waals surface area contributed by atoms with Gasteiger partial charge in [0.2, 0.25) is 0 Å². The van der Waals surface area contributed by atoms with Gasteiger partial charge in [-0.2, -0.15) is 0 Å². The minimum atomic E-state index is -3.28. The zero-order valence-corrected chi connectivity index (χ0v) is 16.9. The summed E-state index contributed by atoms with van der Waals surface area (Å²) >= 11 is 6.14. The Hall–Kier alpha value is -2.84. The third-order valence-corrected chi connectivity index (χ3v) is 5.96. The van der Waals surface area contributed by atoms with Crippen molar-refractivity contribution in [2.45, 2.75) is 11.8 Å². The van der Waals surface area contributed by atoms with Gasteiger partial charge in [0, 0.05) is 17.4 Å². The van der Waals surface area contributed by atoms with Crippen LogP contribution in [-0.4, -0.2) is 31.2 Å². The van der Waals surface area contributed by atoms with E-state index >= 15 is 0 Å². The van der Waals surface area contributed by atoms with Crippen molar-refractivity contribution in [3.8, 4) is 5.75 Å². The summed E-state index contributed by atoms with van der Waals surface area (Å²) in [7, 11) is -1.73. The maximum Gasteiger partial charge on any atom is 0.178 e. The quantitative estimate of drug-likeness (QED) is 0.586. The van der Waals surface area contributed by atoms with E-state index in [0.717, 1.165) is 5.69 Å². The highest BCUT2D eigenvalue weighted by atomic mass is 35.5. The summed E-state index contributed by atoms with van der Waals surface area (Å²) in [6.45, 7) is 1.61. The molecule has 0 aliphatic rings. The molecule has 0 spiro atoms. The molecule has 0 atom stereocenters. The summed E-state index contributed by atoms with van der Waals surface area (Å²) in [5.74, 6) is 1.70. The van der Waals surface area contributed by atoms with E-state index in [1.165, 1.54) is 6.33 Å². The van der Waals surface area contributed by atoms with Crippen molar-refractivity contribution in [3.63, 3.8) is 0 Å². The maximum absolute atomic E-state index is 12.1. The second-order valence-electron chi connectivity index (χ2n) is 5.82. The van der Waals surface area contributed by atoms with E-state index < -0.39 is 9.84 Å². The minimum Gasteiger partial charge on any atom is -0.495 e. The van der Waals surface area contributed by atoms with Gasteiger partial charge in [-0.3, -0.25) is 0 Å². The van der Waals surface area contributed by atoms with Crippen LogP contribution in [0.15, 0.2) is 59.8 Å². The van der Waals surface area contributed by atoms with Gasteiger partial charge in [-0.1, -0.05) is 24.6 Å². The Morgan fingerprint density at radius 3 is 2.29 bits per heavy atom. The van der Waals surface area contributed by atoms with E-state index in [1.807, 2.05) is 6.07 Å². The van der Waals surface area contributed by atoms with E-state index in [9.17, 15) is 8.42 Å². The highest BCUT2D eigenvalue weighted by molar-refractivity contribution is 7.91.